The van der Waals surface area contributed by atoms with E-state index in [2.05, 4.69) is 63.0 Å². The second kappa shape index (κ2) is 8.85. The summed E-state index contributed by atoms with van der Waals surface area (Å²) in [4.78, 5) is 18.5. The topological polar surface area (TPSA) is 72.7 Å². The maximum Gasteiger partial charge on any atom is 0.329 e. The first-order valence-corrected chi connectivity index (χ1v) is 11.7. The Morgan fingerprint density at radius 3 is 2.50 bits per heavy atom. The van der Waals surface area contributed by atoms with Crippen molar-refractivity contribution in [3.8, 4) is 33.6 Å². The Morgan fingerprint density at radius 2 is 1.79 bits per heavy atom. The lowest BCUT2D eigenvalue weighted by molar-refractivity contribution is -0.662. The Balaban J connectivity index is 1.36. The zero-order chi connectivity index (χ0) is 23.8. The van der Waals surface area contributed by atoms with E-state index >= 15 is 0 Å². The molecule has 0 bridgehead atoms. The Bertz CT molecular complexity index is 1340. The molecule has 0 radical (unpaired) electrons. The van der Waals surface area contributed by atoms with Gasteiger partial charge in [-0.15, -0.1) is 0 Å². The summed E-state index contributed by atoms with van der Waals surface area (Å²) in [6, 6.07) is 8.89. The van der Waals surface area contributed by atoms with E-state index in [1.165, 1.54) is 0 Å². The van der Waals surface area contributed by atoms with E-state index in [0.29, 0.717) is 6.04 Å². The molecule has 0 spiro atoms. The molecule has 0 N–H and O–H groups in total. The van der Waals surface area contributed by atoms with Crippen LogP contribution < -0.4 is 4.57 Å². The van der Waals surface area contributed by atoms with Gasteiger partial charge in [0.25, 0.3) is 0 Å². The Hall–Kier alpha value is -3.81. The zero-order valence-corrected chi connectivity index (χ0v) is 20.1. The molecule has 0 aliphatic carbocycles. The van der Waals surface area contributed by atoms with E-state index in [1.54, 1.807) is 6.92 Å². The highest BCUT2D eigenvalue weighted by atomic mass is 16.2. The number of hydrogen-bond acceptors (Lipinski definition) is 4. The summed E-state index contributed by atoms with van der Waals surface area (Å²) in [5.74, 6) is 1.05. The molecule has 5 rings (SSSR count). The minimum absolute atomic E-state index is 0.150. The quantitative estimate of drug-likeness (QED) is 0.441. The van der Waals surface area contributed by atoms with Crippen molar-refractivity contribution < 1.29 is 9.36 Å². The van der Waals surface area contributed by atoms with Crippen molar-refractivity contribution in [2.24, 2.45) is 14.1 Å². The second-order valence-electron chi connectivity index (χ2n) is 9.21. The summed E-state index contributed by atoms with van der Waals surface area (Å²) in [6.45, 7) is 4.54. The molecule has 3 aromatic heterocycles. The molecule has 8 heteroatoms. The largest absolute Gasteiger partial charge is 0.340 e. The van der Waals surface area contributed by atoms with Crippen LogP contribution in [0.4, 0.5) is 0 Å². The van der Waals surface area contributed by atoms with E-state index in [9.17, 15) is 4.79 Å². The molecule has 0 saturated carbocycles. The summed E-state index contributed by atoms with van der Waals surface area (Å²) in [6.07, 6.45) is 13.7. The number of aromatic nitrogens is 6. The number of likely N-dealkylation sites (tertiary alicyclic amines) is 1. The van der Waals surface area contributed by atoms with Gasteiger partial charge in [-0.3, -0.25) is 14.2 Å². The zero-order valence-electron chi connectivity index (χ0n) is 20.1. The standard InChI is InChI=1S/C26H30N7O/c1-18-10-25(8-9-32(18)19(2)34)33-17-24(14-29-33)22-12-27-26(30(3)15-22)21-7-5-6-20(11-21)23-13-28-31(4)16-23/h5-7,11-18,25H,8-10H2,1-4H3/q+1. The molecule has 2 atom stereocenters. The lowest BCUT2D eigenvalue weighted by Crippen LogP contribution is -2.44. The van der Waals surface area contributed by atoms with Gasteiger partial charge in [-0.2, -0.15) is 10.2 Å². The Labute approximate surface area is 199 Å². The highest BCUT2D eigenvalue weighted by molar-refractivity contribution is 5.73. The molecule has 8 nitrogen and oxygen atoms in total. The van der Waals surface area contributed by atoms with Crippen LogP contribution in [0.3, 0.4) is 0 Å². The fourth-order valence-corrected chi connectivity index (χ4v) is 4.90. The third-order valence-electron chi connectivity index (χ3n) is 6.71. The number of carbonyl (C=O) groups is 1. The summed E-state index contributed by atoms with van der Waals surface area (Å²) >= 11 is 0. The van der Waals surface area contributed by atoms with Crippen LogP contribution in [0.1, 0.15) is 32.7 Å². The molecule has 1 fully saturated rings. The van der Waals surface area contributed by atoms with Gasteiger partial charge in [0, 0.05) is 50.1 Å². The van der Waals surface area contributed by atoms with Crippen LogP contribution in [0.5, 0.6) is 0 Å². The van der Waals surface area contributed by atoms with Crippen LogP contribution in [-0.2, 0) is 18.9 Å². The molecule has 4 aromatic rings. The number of hydrogen-bond donors (Lipinski definition) is 0. The minimum Gasteiger partial charge on any atom is -0.340 e. The van der Waals surface area contributed by atoms with E-state index in [4.69, 9.17) is 4.98 Å². The van der Waals surface area contributed by atoms with Crippen molar-refractivity contribution >= 4 is 5.91 Å². The van der Waals surface area contributed by atoms with Crippen LogP contribution >= 0.6 is 0 Å². The van der Waals surface area contributed by atoms with Crippen LogP contribution in [-0.4, -0.2) is 47.9 Å². The van der Waals surface area contributed by atoms with E-state index < -0.39 is 0 Å². The number of carbonyl (C=O) groups excluding carboxylic acids is 1. The molecule has 1 saturated heterocycles. The molecule has 2 unspecified atom stereocenters. The lowest BCUT2D eigenvalue weighted by atomic mass is 9.98. The molecule has 174 valence electrons. The lowest BCUT2D eigenvalue weighted by Gasteiger charge is -2.37. The van der Waals surface area contributed by atoms with Gasteiger partial charge in [0.15, 0.2) is 6.20 Å². The number of nitrogens with zero attached hydrogens (tertiary/aromatic N) is 7. The van der Waals surface area contributed by atoms with E-state index in [-0.39, 0.29) is 11.9 Å². The molecule has 1 aliphatic rings. The average Bonchev–Trinajstić information content (AvgIpc) is 3.48. The predicted octanol–water partition coefficient (Wildman–Crippen LogP) is 3.41. The van der Waals surface area contributed by atoms with Gasteiger partial charge in [0.2, 0.25) is 5.91 Å². The highest BCUT2D eigenvalue weighted by Gasteiger charge is 2.28. The van der Waals surface area contributed by atoms with E-state index in [1.807, 2.05) is 48.5 Å². The fraction of sp³-hybridized carbons (Fsp3) is 0.346. The molecule has 1 amide bonds. The highest BCUT2D eigenvalue weighted by Crippen LogP contribution is 2.29. The minimum atomic E-state index is 0.150. The third-order valence-corrected chi connectivity index (χ3v) is 6.71. The summed E-state index contributed by atoms with van der Waals surface area (Å²) in [5.41, 5.74) is 5.31. The maximum atomic E-state index is 11.8. The van der Waals surface area contributed by atoms with Gasteiger partial charge < -0.3 is 4.90 Å². The molecular formula is C26H30N7O+. The molecule has 34 heavy (non-hydrogen) atoms. The molecule has 4 heterocycles. The monoisotopic (exact) mass is 456 g/mol. The number of amides is 1. The number of aryl methyl sites for hydroxylation is 2. The Morgan fingerprint density at radius 1 is 1.03 bits per heavy atom. The molecule has 1 aromatic carbocycles. The van der Waals surface area contributed by atoms with Crippen molar-refractivity contribution in [1.29, 1.82) is 0 Å². The molecule has 1 aliphatic heterocycles. The van der Waals surface area contributed by atoms with Crippen molar-refractivity contribution in [2.45, 2.75) is 38.8 Å². The number of piperidine rings is 1. The van der Waals surface area contributed by atoms with Crippen molar-refractivity contribution in [2.75, 3.05) is 6.54 Å². The Kier molecular flexibility index (Phi) is 5.73. The van der Waals surface area contributed by atoms with Crippen molar-refractivity contribution in [1.82, 2.24) is 29.4 Å². The summed E-state index contributed by atoms with van der Waals surface area (Å²) in [5, 5.41) is 8.93. The summed E-state index contributed by atoms with van der Waals surface area (Å²) in [7, 11) is 3.94. The van der Waals surface area contributed by atoms with Crippen LogP contribution in [0.25, 0.3) is 33.6 Å². The predicted molar refractivity (Wildman–Crippen MR) is 129 cm³/mol. The van der Waals surface area contributed by atoms with Crippen molar-refractivity contribution in [3.05, 3.63) is 61.4 Å². The molecular weight excluding hydrogens is 426 g/mol. The average molecular weight is 457 g/mol. The van der Waals surface area contributed by atoms with Gasteiger partial charge in [-0.25, -0.2) is 4.57 Å². The normalized spacial score (nSPS) is 18.3. The SMILES string of the molecule is CC(=O)N1CCC(n2cc(-c3cnc(-c4cccc(-c5cnn(C)c5)c4)[n+](C)c3)cn2)CC1C. The first-order valence-electron chi connectivity index (χ1n) is 11.7. The van der Waals surface area contributed by atoms with Crippen LogP contribution in [0.2, 0.25) is 0 Å². The van der Waals surface area contributed by atoms with Crippen LogP contribution in [0, 0.1) is 0 Å². The van der Waals surface area contributed by atoms with Gasteiger partial charge in [-0.05, 0) is 42.4 Å². The first-order chi connectivity index (χ1) is 16.4. The van der Waals surface area contributed by atoms with Gasteiger partial charge in [0.1, 0.15) is 6.20 Å². The summed E-state index contributed by atoms with van der Waals surface area (Å²) < 4.78 is 5.92. The van der Waals surface area contributed by atoms with Crippen LogP contribution in [0.15, 0.2) is 61.4 Å². The van der Waals surface area contributed by atoms with Gasteiger partial charge in [-0.1, -0.05) is 12.1 Å². The smallest absolute Gasteiger partial charge is 0.329 e. The maximum absolute atomic E-state index is 11.8. The number of benzene rings is 1. The number of rotatable bonds is 4. The van der Waals surface area contributed by atoms with E-state index in [0.717, 1.165) is 53.0 Å². The van der Waals surface area contributed by atoms with Gasteiger partial charge in [0.05, 0.1) is 36.6 Å². The fourth-order valence-electron chi connectivity index (χ4n) is 4.90. The third kappa shape index (κ3) is 4.23. The second-order valence-corrected chi connectivity index (χ2v) is 9.21. The van der Waals surface area contributed by atoms with Gasteiger partial charge >= 0.3 is 5.82 Å². The first kappa shape index (κ1) is 22.0. The van der Waals surface area contributed by atoms with Crippen molar-refractivity contribution in [3.63, 3.8) is 0 Å².